The highest BCUT2D eigenvalue weighted by atomic mass is 28.4. The topological polar surface area (TPSA) is 53.7 Å². The second kappa shape index (κ2) is 38.5. The van der Waals surface area contributed by atoms with Crippen LogP contribution in [-0.4, -0.2) is 36.7 Å². The molecule has 0 aliphatic heterocycles. The maximum Gasteiger partial charge on any atom is 0.500 e. The molecule has 0 saturated carbocycles. The lowest BCUT2D eigenvalue weighted by Gasteiger charge is -2.24. The number of hydrogen-bond acceptors (Lipinski definition) is 4. The SMILES string of the molecule is CO[Si](CCCCCCCCCCCCCCCCCCCCCCCCCCCCCCCCCCCCCN)(OC)OC. The van der Waals surface area contributed by atoms with Gasteiger partial charge in [-0.2, -0.15) is 0 Å². The van der Waals surface area contributed by atoms with Crippen molar-refractivity contribution >= 4 is 8.80 Å². The molecule has 0 heterocycles. The van der Waals surface area contributed by atoms with Crippen molar-refractivity contribution < 1.29 is 13.3 Å². The van der Waals surface area contributed by atoms with Crippen LogP contribution < -0.4 is 5.73 Å². The van der Waals surface area contributed by atoms with Crippen molar-refractivity contribution in [3.8, 4) is 0 Å². The largest absolute Gasteiger partial charge is 0.500 e. The molecule has 0 radical (unpaired) electrons. The van der Waals surface area contributed by atoms with Crippen LogP contribution in [0.2, 0.25) is 6.04 Å². The van der Waals surface area contributed by atoms with E-state index < -0.39 is 8.80 Å². The monoisotopic (exact) mass is 656 g/mol. The zero-order chi connectivity index (χ0) is 32.8. The zero-order valence-corrected chi connectivity index (χ0v) is 32.5. The third kappa shape index (κ3) is 33.7. The van der Waals surface area contributed by atoms with Crippen LogP contribution in [0.3, 0.4) is 0 Å². The minimum Gasteiger partial charge on any atom is -0.377 e. The van der Waals surface area contributed by atoms with Gasteiger partial charge in [-0.05, 0) is 19.4 Å². The highest BCUT2D eigenvalue weighted by Crippen LogP contribution is 2.20. The van der Waals surface area contributed by atoms with Gasteiger partial charge in [-0.1, -0.05) is 212 Å². The van der Waals surface area contributed by atoms with Crippen molar-refractivity contribution in [2.45, 2.75) is 231 Å². The molecule has 0 unspecified atom stereocenters. The first kappa shape index (κ1) is 45.1. The predicted molar refractivity (Wildman–Crippen MR) is 202 cm³/mol. The van der Waals surface area contributed by atoms with Crippen molar-refractivity contribution in [2.75, 3.05) is 27.9 Å². The van der Waals surface area contributed by atoms with Gasteiger partial charge in [-0.25, -0.2) is 0 Å². The predicted octanol–water partition coefficient (Wildman–Crippen LogP) is 13.5. The summed E-state index contributed by atoms with van der Waals surface area (Å²) in [6, 6.07) is 0.939. The Morgan fingerprint density at radius 1 is 0.267 bits per heavy atom. The van der Waals surface area contributed by atoms with Crippen LogP contribution >= 0.6 is 0 Å². The van der Waals surface area contributed by atoms with Gasteiger partial charge < -0.3 is 19.0 Å². The van der Waals surface area contributed by atoms with Crippen molar-refractivity contribution in [1.82, 2.24) is 0 Å². The molecule has 0 aliphatic carbocycles. The molecule has 0 aromatic carbocycles. The van der Waals surface area contributed by atoms with E-state index in [9.17, 15) is 0 Å². The quantitative estimate of drug-likeness (QED) is 0.0527. The maximum absolute atomic E-state index is 5.55. The molecule has 0 aromatic heterocycles. The molecule has 0 aromatic rings. The number of nitrogens with two attached hydrogens (primary N) is 1. The summed E-state index contributed by atoms with van der Waals surface area (Å²) in [4.78, 5) is 0. The van der Waals surface area contributed by atoms with Gasteiger partial charge >= 0.3 is 8.80 Å². The van der Waals surface area contributed by atoms with Crippen LogP contribution in [-0.2, 0) is 13.3 Å². The summed E-state index contributed by atoms with van der Waals surface area (Å²) in [5, 5.41) is 0. The first-order valence-corrected chi connectivity index (χ1v) is 22.5. The van der Waals surface area contributed by atoms with Gasteiger partial charge in [0.15, 0.2) is 0 Å². The van der Waals surface area contributed by atoms with E-state index >= 15 is 0 Å². The molecule has 2 N–H and O–H groups in total. The highest BCUT2D eigenvalue weighted by Gasteiger charge is 2.36. The molecule has 0 rings (SSSR count). The van der Waals surface area contributed by atoms with Gasteiger partial charge in [0.05, 0.1) is 0 Å². The van der Waals surface area contributed by atoms with E-state index in [0.717, 1.165) is 19.0 Å². The van der Waals surface area contributed by atoms with Crippen LogP contribution in [0.15, 0.2) is 0 Å². The molecule has 0 saturated heterocycles. The Morgan fingerprint density at radius 3 is 0.578 bits per heavy atom. The van der Waals surface area contributed by atoms with Crippen LogP contribution in [0.5, 0.6) is 0 Å². The molecule has 45 heavy (non-hydrogen) atoms. The van der Waals surface area contributed by atoms with Crippen molar-refractivity contribution in [2.24, 2.45) is 5.73 Å². The van der Waals surface area contributed by atoms with Gasteiger partial charge in [-0.3, -0.25) is 0 Å². The van der Waals surface area contributed by atoms with Crippen LogP contribution in [0.4, 0.5) is 0 Å². The third-order valence-electron chi connectivity index (χ3n) is 10.1. The average molecular weight is 656 g/mol. The smallest absolute Gasteiger partial charge is 0.377 e. The highest BCUT2D eigenvalue weighted by molar-refractivity contribution is 6.60. The van der Waals surface area contributed by atoms with E-state index in [1.807, 2.05) is 0 Å². The van der Waals surface area contributed by atoms with Crippen molar-refractivity contribution in [3.05, 3.63) is 0 Å². The lowest BCUT2D eigenvalue weighted by molar-refractivity contribution is 0.122. The molecule has 0 aliphatic rings. The fourth-order valence-corrected chi connectivity index (χ4v) is 8.67. The average Bonchev–Trinajstić information content (AvgIpc) is 3.06. The summed E-state index contributed by atoms with van der Waals surface area (Å²) in [7, 11) is 2.79. The molecule has 272 valence electrons. The summed E-state index contributed by atoms with van der Waals surface area (Å²) in [5.41, 5.74) is 5.55. The Bertz CT molecular complexity index is 523. The van der Waals surface area contributed by atoms with Gasteiger partial charge in [0.25, 0.3) is 0 Å². The van der Waals surface area contributed by atoms with Crippen LogP contribution in [0.1, 0.15) is 225 Å². The summed E-state index contributed by atoms with van der Waals surface area (Å²) in [6.07, 6.45) is 50.0. The fourth-order valence-electron chi connectivity index (χ4n) is 6.88. The van der Waals surface area contributed by atoms with E-state index in [1.165, 1.54) is 218 Å². The molecule has 0 spiro atoms. The zero-order valence-electron chi connectivity index (χ0n) is 31.5. The van der Waals surface area contributed by atoms with Gasteiger partial charge in [0.1, 0.15) is 0 Å². The molecule has 5 heteroatoms. The van der Waals surface area contributed by atoms with Gasteiger partial charge in [-0.15, -0.1) is 0 Å². The number of rotatable bonds is 40. The fraction of sp³-hybridized carbons (Fsp3) is 1.00. The number of unbranched alkanes of at least 4 members (excludes halogenated alkanes) is 34. The summed E-state index contributed by atoms with van der Waals surface area (Å²) in [5.74, 6) is 0. The Kier molecular flexibility index (Phi) is 38.6. The number of hydrogen-bond donors (Lipinski definition) is 1. The first-order chi connectivity index (χ1) is 22.2. The Morgan fingerprint density at radius 2 is 0.422 bits per heavy atom. The Hall–Kier alpha value is 0.0569. The van der Waals surface area contributed by atoms with E-state index in [2.05, 4.69) is 0 Å². The maximum atomic E-state index is 5.55. The molecule has 0 bridgehead atoms. The van der Waals surface area contributed by atoms with E-state index in [1.54, 1.807) is 21.3 Å². The van der Waals surface area contributed by atoms with Gasteiger partial charge in [0, 0.05) is 27.4 Å². The lowest BCUT2D eigenvalue weighted by atomic mass is 10.0. The van der Waals surface area contributed by atoms with E-state index in [4.69, 9.17) is 19.0 Å². The third-order valence-corrected chi connectivity index (χ3v) is 13.0. The van der Waals surface area contributed by atoms with Crippen LogP contribution in [0.25, 0.3) is 0 Å². The molecule has 0 amide bonds. The van der Waals surface area contributed by atoms with E-state index in [0.29, 0.717) is 0 Å². The minimum atomic E-state index is -2.35. The summed E-state index contributed by atoms with van der Waals surface area (Å²) < 4.78 is 16.5. The Balaban J connectivity index is 3.11. The molecular formula is C40H85NO3Si. The summed E-state index contributed by atoms with van der Waals surface area (Å²) in [6.45, 7) is 0.871. The van der Waals surface area contributed by atoms with Crippen LogP contribution in [0, 0.1) is 0 Å². The Labute approximate surface area is 285 Å². The van der Waals surface area contributed by atoms with E-state index in [-0.39, 0.29) is 0 Å². The second-order valence-corrected chi connectivity index (χ2v) is 17.3. The molecule has 4 nitrogen and oxygen atoms in total. The van der Waals surface area contributed by atoms with Crippen molar-refractivity contribution in [3.63, 3.8) is 0 Å². The van der Waals surface area contributed by atoms with Crippen molar-refractivity contribution in [1.29, 1.82) is 0 Å². The second-order valence-electron chi connectivity index (χ2n) is 14.2. The molecular weight excluding hydrogens is 571 g/mol. The first-order valence-electron chi connectivity index (χ1n) is 20.6. The standard InChI is InChI=1S/C40H85NO3Si/c1-42-45(43-2,44-3)40-38-36-34-32-30-28-26-24-22-20-18-16-14-12-10-8-6-4-5-7-9-11-13-15-17-19-21-23-25-27-29-31-33-35-37-39-41/h4-41H2,1-3H3. The molecule has 0 fully saturated rings. The van der Waals surface area contributed by atoms with Gasteiger partial charge in [0.2, 0.25) is 0 Å². The lowest BCUT2D eigenvalue weighted by Crippen LogP contribution is -2.42. The normalized spacial score (nSPS) is 12.0. The minimum absolute atomic E-state index is 0.871. The molecule has 0 atom stereocenters. The summed E-state index contributed by atoms with van der Waals surface area (Å²) >= 11 is 0.